The van der Waals surface area contributed by atoms with Gasteiger partial charge < -0.3 is 21.3 Å². The molecule has 0 bridgehead atoms. The molecule has 4 N–H and O–H groups in total. The average molecular weight is 505 g/mol. The van der Waals surface area contributed by atoms with Gasteiger partial charge >= 0.3 is 6.18 Å². The number of hydrogen-bond donors (Lipinski definition) is 4. The van der Waals surface area contributed by atoms with Gasteiger partial charge in [0.1, 0.15) is 6.04 Å². The number of halogens is 3. The SMILES string of the molecule is Cc1ccc(CCNC[C@H](NC(=O)CNC(=O)c2cccc(C(F)(F)F)c2)C(=O)NC2CC2)c(C)c1. The molecule has 1 aliphatic carbocycles. The Hall–Kier alpha value is -3.40. The fourth-order valence-corrected chi connectivity index (χ4v) is 3.68. The third-order valence-corrected chi connectivity index (χ3v) is 5.85. The number of alkyl halides is 3. The highest BCUT2D eigenvalue weighted by molar-refractivity contribution is 5.97. The Morgan fingerprint density at radius 3 is 2.47 bits per heavy atom. The van der Waals surface area contributed by atoms with Crippen LogP contribution in [0.3, 0.4) is 0 Å². The van der Waals surface area contributed by atoms with Gasteiger partial charge in [0.2, 0.25) is 11.8 Å². The number of amides is 3. The van der Waals surface area contributed by atoms with Gasteiger partial charge in [-0.3, -0.25) is 14.4 Å². The zero-order valence-electron chi connectivity index (χ0n) is 20.3. The summed E-state index contributed by atoms with van der Waals surface area (Å²) in [6, 6.07) is 9.40. The zero-order valence-corrected chi connectivity index (χ0v) is 20.3. The molecule has 3 rings (SSSR count). The Balaban J connectivity index is 1.51. The zero-order chi connectivity index (χ0) is 26.3. The minimum atomic E-state index is -4.58. The molecule has 36 heavy (non-hydrogen) atoms. The smallest absolute Gasteiger partial charge is 0.352 e. The molecule has 3 amide bonds. The van der Waals surface area contributed by atoms with Gasteiger partial charge in [0.15, 0.2) is 0 Å². The maximum absolute atomic E-state index is 12.9. The van der Waals surface area contributed by atoms with Gasteiger partial charge in [-0.25, -0.2) is 0 Å². The van der Waals surface area contributed by atoms with Gasteiger partial charge in [-0.15, -0.1) is 0 Å². The van der Waals surface area contributed by atoms with Crippen LogP contribution < -0.4 is 21.3 Å². The maximum atomic E-state index is 12.9. The van der Waals surface area contributed by atoms with Crippen LogP contribution in [0.25, 0.3) is 0 Å². The number of hydrogen-bond acceptors (Lipinski definition) is 4. The molecule has 1 aliphatic rings. The second-order valence-corrected chi connectivity index (χ2v) is 9.05. The molecular weight excluding hydrogens is 473 g/mol. The Kier molecular flexibility index (Phi) is 9.08. The molecule has 1 atom stereocenters. The van der Waals surface area contributed by atoms with Crippen LogP contribution >= 0.6 is 0 Å². The first kappa shape index (κ1) is 27.2. The third-order valence-electron chi connectivity index (χ3n) is 5.85. The number of benzene rings is 2. The van der Waals surface area contributed by atoms with E-state index in [-0.39, 0.29) is 24.1 Å². The highest BCUT2D eigenvalue weighted by atomic mass is 19.4. The average Bonchev–Trinajstić information content (AvgIpc) is 3.64. The molecular formula is C26H31F3N4O3. The van der Waals surface area contributed by atoms with E-state index in [0.717, 1.165) is 37.5 Å². The molecule has 7 nitrogen and oxygen atoms in total. The third kappa shape index (κ3) is 8.37. The number of rotatable bonds is 11. The first-order valence-electron chi connectivity index (χ1n) is 11.8. The fraction of sp³-hybridized carbons (Fsp3) is 0.423. The second-order valence-electron chi connectivity index (χ2n) is 9.05. The van der Waals surface area contributed by atoms with E-state index in [0.29, 0.717) is 6.54 Å². The molecule has 2 aromatic rings. The summed E-state index contributed by atoms with van der Waals surface area (Å²) >= 11 is 0. The minimum Gasteiger partial charge on any atom is -0.352 e. The monoisotopic (exact) mass is 504 g/mol. The molecule has 0 aliphatic heterocycles. The molecule has 0 heterocycles. The first-order valence-corrected chi connectivity index (χ1v) is 11.8. The van der Waals surface area contributed by atoms with Gasteiger partial charge in [0, 0.05) is 18.2 Å². The normalized spacial score (nSPS) is 14.1. The highest BCUT2D eigenvalue weighted by Crippen LogP contribution is 2.29. The maximum Gasteiger partial charge on any atom is 0.416 e. The Bertz CT molecular complexity index is 1100. The van der Waals surface area contributed by atoms with Crippen molar-refractivity contribution in [1.29, 1.82) is 0 Å². The van der Waals surface area contributed by atoms with Crippen LogP contribution in [0, 0.1) is 13.8 Å². The first-order chi connectivity index (χ1) is 17.0. The summed E-state index contributed by atoms with van der Waals surface area (Å²) in [6.45, 7) is 4.38. The van der Waals surface area contributed by atoms with E-state index in [1.807, 2.05) is 19.9 Å². The van der Waals surface area contributed by atoms with Crippen molar-refractivity contribution in [3.05, 3.63) is 70.3 Å². The summed E-state index contributed by atoms with van der Waals surface area (Å²) in [6.07, 6.45) is -2.05. The van der Waals surface area contributed by atoms with E-state index in [9.17, 15) is 27.6 Å². The van der Waals surface area contributed by atoms with Crippen molar-refractivity contribution in [3.63, 3.8) is 0 Å². The Morgan fingerprint density at radius 2 is 1.81 bits per heavy atom. The van der Waals surface area contributed by atoms with E-state index in [2.05, 4.69) is 33.4 Å². The van der Waals surface area contributed by atoms with Gasteiger partial charge in [0.25, 0.3) is 5.91 Å². The van der Waals surface area contributed by atoms with Gasteiger partial charge in [0.05, 0.1) is 12.1 Å². The van der Waals surface area contributed by atoms with Crippen molar-refractivity contribution >= 4 is 17.7 Å². The largest absolute Gasteiger partial charge is 0.416 e. The summed E-state index contributed by atoms with van der Waals surface area (Å²) < 4.78 is 38.6. The molecule has 0 aromatic heterocycles. The van der Waals surface area contributed by atoms with Gasteiger partial charge in [-0.1, -0.05) is 29.8 Å². The summed E-state index contributed by atoms with van der Waals surface area (Å²) in [5, 5.41) is 11.0. The predicted octanol–water partition coefficient (Wildman–Crippen LogP) is 2.65. The summed E-state index contributed by atoms with van der Waals surface area (Å²) in [5.41, 5.74) is 2.39. The van der Waals surface area contributed by atoms with Crippen LogP contribution in [0.5, 0.6) is 0 Å². The summed E-state index contributed by atoms with van der Waals surface area (Å²) in [7, 11) is 0. The second kappa shape index (κ2) is 12.0. The van der Waals surface area contributed by atoms with Crippen LogP contribution in [0.15, 0.2) is 42.5 Å². The summed E-state index contributed by atoms with van der Waals surface area (Å²) in [4.78, 5) is 37.3. The lowest BCUT2D eigenvalue weighted by molar-refractivity contribution is -0.137. The van der Waals surface area contributed by atoms with Crippen molar-refractivity contribution in [1.82, 2.24) is 21.3 Å². The van der Waals surface area contributed by atoms with Crippen molar-refractivity contribution in [2.24, 2.45) is 0 Å². The van der Waals surface area contributed by atoms with Crippen molar-refractivity contribution < 1.29 is 27.6 Å². The molecule has 0 unspecified atom stereocenters. The number of nitrogens with one attached hydrogen (secondary N) is 4. The number of carbonyl (C=O) groups excluding carboxylic acids is 3. The van der Waals surface area contributed by atoms with E-state index < -0.39 is 36.1 Å². The van der Waals surface area contributed by atoms with Crippen molar-refractivity contribution in [2.75, 3.05) is 19.6 Å². The Labute approximate surface area is 208 Å². The number of carbonyl (C=O) groups is 3. The molecule has 10 heteroatoms. The molecule has 194 valence electrons. The van der Waals surface area contributed by atoms with Crippen LogP contribution in [-0.4, -0.2) is 49.4 Å². The van der Waals surface area contributed by atoms with Crippen LogP contribution in [-0.2, 0) is 22.2 Å². The summed E-state index contributed by atoms with van der Waals surface area (Å²) in [5.74, 6) is -1.77. The van der Waals surface area contributed by atoms with E-state index >= 15 is 0 Å². The van der Waals surface area contributed by atoms with Gasteiger partial charge in [-0.05, 0) is 69.0 Å². The van der Waals surface area contributed by atoms with E-state index in [1.165, 1.54) is 22.8 Å². The minimum absolute atomic E-state index is 0.104. The molecule has 1 fully saturated rings. The van der Waals surface area contributed by atoms with Crippen LogP contribution in [0.1, 0.15) is 45.5 Å². The van der Waals surface area contributed by atoms with Crippen LogP contribution in [0.2, 0.25) is 0 Å². The van der Waals surface area contributed by atoms with E-state index in [4.69, 9.17) is 0 Å². The molecule has 0 saturated heterocycles. The lowest BCUT2D eigenvalue weighted by Gasteiger charge is -2.19. The van der Waals surface area contributed by atoms with Gasteiger partial charge in [-0.2, -0.15) is 13.2 Å². The predicted molar refractivity (Wildman–Crippen MR) is 129 cm³/mol. The fourth-order valence-electron chi connectivity index (χ4n) is 3.68. The molecule has 0 spiro atoms. The van der Waals surface area contributed by atoms with E-state index in [1.54, 1.807) is 0 Å². The number of aryl methyl sites for hydroxylation is 2. The lowest BCUT2D eigenvalue weighted by atomic mass is 10.0. The molecule has 1 saturated carbocycles. The molecule has 0 radical (unpaired) electrons. The van der Waals surface area contributed by atoms with Crippen LogP contribution in [0.4, 0.5) is 13.2 Å². The lowest BCUT2D eigenvalue weighted by Crippen LogP contribution is -2.54. The topological polar surface area (TPSA) is 99.3 Å². The molecule has 2 aromatic carbocycles. The quantitative estimate of drug-likeness (QED) is 0.354. The highest BCUT2D eigenvalue weighted by Gasteiger charge is 2.31. The van der Waals surface area contributed by atoms with Crippen molar-refractivity contribution in [2.45, 2.75) is 51.4 Å². The standard InChI is InChI=1S/C26H31F3N4O3/c1-16-6-7-18(17(2)12-16)10-11-30-14-22(25(36)32-21-8-9-21)33-23(34)15-31-24(35)19-4-3-5-20(13-19)26(27,28)29/h3-7,12-13,21-22,30H,8-11,14-15H2,1-2H3,(H,31,35)(H,32,36)(H,33,34)/t22-/m0/s1. The Morgan fingerprint density at radius 1 is 1.06 bits per heavy atom. The van der Waals surface area contributed by atoms with Crippen molar-refractivity contribution in [3.8, 4) is 0 Å².